The molecule has 0 bridgehead atoms. The summed E-state index contributed by atoms with van der Waals surface area (Å²) in [7, 11) is 0. The molecule has 1 heterocycles. The van der Waals surface area contributed by atoms with Crippen molar-refractivity contribution in [3.05, 3.63) is 42.6 Å². The van der Waals surface area contributed by atoms with E-state index in [4.69, 9.17) is 5.11 Å². The summed E-state index contributed by atoms with van der Waals surface area (Å²) in [5.74, 6) is 0. The van der Waals surface area contributed by atoms with E-state index in [1.807, 2.05) is 30.5 Å². The van der Waals surface area contributed by atoms with Gasteiger partial charge in [-0.1, -0.05) is 24.3 Å². The maximum Gasteiger partial charge on any atom is 0.0701 e. The molecule has 0 fully saturated rings. The first-order chi connectivity index (χ1) is 6.38. The minimum atomic E-state index is 0. The summed E-state index contributed by atoms with van der Waals surface area (Å²) in [5, 5.41) is 8.77. The molecular weight excluding hydrogens is 178 g/mol. The van der Waals surface area contributed by atoms with Crippen LogP contribution in [0.4, 0.5) is 0 Å². The molecule has 0 saturated heterocycles. The van der Waals surface area contributed by atoms with E-state index in [-0.39, 0.29) is 12.1 Å². The number of aliphatic hydroxyl groups excluding tert-OH is 1. The largest absolute Gasteiger partial charge is 0.412 e. The smallest absolute Gasteiger partial charge is 0.0701 e. The van der Waals surface area contributed by atoms with Crippen LogP contribution in [-0.4, -0.2) is 22.2 Å². The van der Waals surface area contributed by atoms with Crippen molar-refractivity contribution in [2.75, 3.05) is 6.61 Å². The molecule has 0 atom stereocenters. The highest BCUT2D eigenvalue weighted by atomic mass is 16.2. The Hall–Kier alpha value is -1.45. The van der Waals surface area contributed by atoms with Crippen LogP contribution < -0.4 is 0 Å². The Morgan fingerprint density at radius 2 is 1.71 bits per heavy atom. The average molecular weight is 193 g/mol. The number of pyridine rings is 1. The zero-order valence-corrected chi connectivity index (χ0v) is 8.14. The van der Waals surface area contributed by atoms with Gasteiger partial charge in [0, 0.05) is 18.2 Å². The van der Waals surface area contributed by atoms with Gasteiger partial charge in [0.1, 0.15) is 0 Å². The molecule has 14 heavy (non-hydrogen) atoms. The Morgan fingerprint density at radius 1 is 1.14 bits per heavy atom. The van der Waals surface area contributed by atoms with Crippen molar-refractivity contribution in [3.63, 3.8) is 0 Å². The lowest BCUT2D eigenvalue weighted by molar-refractivity contribution is 0.318. The minimum Gasteiger partial charge on any atom is -0.412 e. The SMILES string of the molecule is CCO.O.c1ccc2ncccc2c1. The molecule has 0 unspecified atom stereocenters. The number of rotatable bonds is 0. The normalized spacial score (nSPS) is 8.43. The molecule has 76 valence electrons. The summed E-state index contributed by atoms with van der Waals surface area (Å²) in [6.45, 7) is 1.93. The van der Waals surface area contributed by atoms with Crippen molar-refractivity contribution >= 4 is 10.9 Å². The molecule has 2 aromatic rings. The van der Waals surface area contributed by atoms with Crippen LogP contribution in [0, 0.1) is 0 Å². The molecule has 0 radical (unpaired) electrons. The van der Waals surface area contributed by atoms with Crippen molar-refractivity contribution in [2.24, 2.45) is 0 Å². The lowest BCUT2D eigenvalue weighted by atomic mass is 10.2. The van der Waals surface area contributed by atoms with Gasteiger partial charge in [-0.15, -0.1) is 0 Å². The molecule has 1 aromatic heterocycles. The van der Waals surface area contributed by atoms with Gasteiger partial charge in [-0.2, -0.15) is 0 Å². The average Bonchev–Trinajstić information content (AvgIpc) is 2.19. The summed E-state index contributed by atoms with van der Waals surface area (Å²) in [4.78, 5) is 4.18. The van der Waals surface area contributed by atoms with E-state index in [1.54, 1.807) is 6.92 Å². The Balaban J connectivity index is 0.000000381. The first kappa shape index (κ1) is 12.6. The molecule has 0 aliphatic rings. The maximum atomic E-state index is 7.57. The van der Waals surface area contributed by atoms with Gasteiger partial charge in [-0.25, -0.2) is 0 Å². The molecule has 3 nitrogen and oxygen atoms in total. The van der Waals surface area contributed by atoms with Gasteiger partial charge in [-0.05, 0) is 19.1 Å². The fourth-order valence-electron chi connectivity index (χ4n) is 1.02. The van der Waals surface area contributed by atoms with Gasteiger partial charge in [0.2, 0.25) is 0 Å². The lowest BCUT2D eigenvalue weighted by Crippen LogP contribution is -1.73. The van der Waals surface area contributed by atoms with E-state index in [0.717, 1.165) is 5.52 Å². The number of nitrogens with zero attached hydrogens (tertiary/aromatic N) is 1. The quantitative estimate of drug-likeness (QED) is 0.687. The van der Waals surface area contributed by atoms with Crippen LogP contribution in [0.5, 0.6) is 0 Å². The second kappa shape index (κ2) is 7.00. The van der Waals surface area contributed by atoms with Crippen LogP contribution in [0.15, 0.2) is 42.6 Å². The zero-order valence-electron chi connectivity index (χ0n) is 8.14. The highest BCUT2D eigenvalue weighted by Gasteiger charge is 1.86. The zero-order chi connectivity index (χ0) is 9.52. The van der Waals surface area contributed by atoms with Crippen LogP contribution in [0.1, 0.15) is 6.92 Å². The summed E-state index contributed by atoms with van der Waals surface area (Å²) in [6.07, 6.45) is 1.81. The fraction of sp³-hybridized carbons (Fsp3) is 0.182. The predicted octanol–water partition coefficient (Wildman–Crippen LogP) is 1.41. The monoisotopic (exact) mass is 193 g/mol. The molecule has 0 saturated carbocycles. The van der Waals surface area contributed by atoms with Crippen molar-refractivity contribution in [2.45, 2.75) is 6.92 Å². The molecule has 3 N–H and O–H groups in total. The Labute approximate surface area is 83.3 Å². The van der Waals surface area contributed by atoms with Crippen molar-refractivity contribution in [1.29, 1.82) is 0 Å². The van der Waals surface area contributed by atoms with Gasteiger partial charge >= 0.3 is 0 Å². The Kier molecular flexibility index (Phi) is 6.28. The van der Waals surface area contributed by atoms with E-state index in [0.29, 0.717) is 0 Å². The third-order valence-electron chi connectivity index (χ3n) is 1.51. The topological polar surface area (TPSA) is 64.6 Å². The van der Waals surface area contributed by atoms with Gasteiger partial charge < -0.3 is 10.6 Å². The number of benzene rings is 1. The molecule has 0 spiro atoms. The van der Waals surface area contributed by atoms with E-state index in [2.05, 4.69) is 17.1 Å². The number of hydrogen-bond acceptors (Lipinski definition) is 2. The number of fused-ring (bicyclic) bond motifs is 1. The summed E-state index contributed by atoms with van der Waals surface area (Å²) in [6, 6.07) is 12.1. The standard InChI is InChI=1S/C9H7N.C2H6O.H2O/c1-2-6-9-8(4-1)5-3-7-10-9;1-2-3;/h1-7H;3H,2H2,1H3;1H2. The summed E-state index contributed by atoms with van der Waals surface area (Å²) >= 11 is 0. The van der Waals surface area contributed by atoms with Crippen molar-refractivity contribution < 1.29 is 10.6 Å². The molecule has 2 rings (SSSR count). The first-order valence-corrected chi connectivity index (χ1v) is 4.29. The highest BCUT2D eigenvalue weighted by Crippen LogP contribution is 2.07. The third kappa shape index (κ3) is 3.51. The van der Waals surface area contributed by atoms with Gasteiger partial charge in [0.25, 0.3) is 0 Å². The van der Waals surface area contributed by atoms with Crippen LogP contribution >= 0.6 is 0 Å². The van der Waals surface area contributed by atoms with Gasteiger partial charge in [-0.3, -0.25) is 4.98 Å². The Bertz CT molecular complexity index is 297. The summed E-state index contributed by atoms with van der Waals surface area (Å²) in [5.41, 5.74) is 1.06. The maximum absolute atomic E-state index is 7.57. The molecule has 0 amide bonds. The second-order valence-electron chi connectivity index (χ2n) is 2.51. The van der Waals surface area contributed by atoms with Crippen molar-refractivity contribution in [1.82, 2.24) is 4.98 Å². The van der Waals surface area contributed by atoms with E-state index >= 15 is 0 Å². The molecule has 1 aromatic carbocycles. The molecule has 3 heteroatoms. The highest BCUT2D eigenvalue weighted by molar-refractivity contribution is 5.77. The number of para-hydroxylation sites is 1. The van der Waals surface area contributed by atoms with E-state index in [1.165, 1.54) is 5.39 Å². The Morgan fingerprint density at radius 3 is 2.36 bits per heavy atom. The lowest BCUT2D eigenvalue weighted by Gasteiger charge is -1.91. The van der Waals surface area contributed by atoms with Gasteiger partial charge in [0.15, 0.2) is 0 Å². The predicted molar refractivity (Wildman–Crippen MR) is 58.1 cm³/mol. The van der Waals surface area contributed by atoms with Gasteiger partial charge in [0.05, 0.1) is 5.52 Å². The van der Waals surface area contributed by atoms with Crippen LogP contribution in [-0.2, 0) is 0 Å². The second-order valence-corrected chi connectivity index (χ2v) is 2.51. The van der Waals surface area contributed by atoms with Crippen LogP contribution in [0.3, 0.4) is 0 Å². The fourth-order valence-corrected chi connectivity index (χ4v) is 1.02. The van der Waals surface area contributed by atoms with Crippen LogP contribution in [0.2, 0.25) is 0 Å². The number of aliphatic hydroxyl groups is 1. The van der Waals surface area contributed by atoms with E-state index < -0.39 is 0 Å². The number of aromatic nitrogens is 1. The molecular formula is C11H15NO2. The van der Waals surface area contributed by atoms with E-state index in [9.17, 15) is 0 Å². The van der Waals surface area contributed by atoms with Crippen LogP contribution in [0.25, 0.3) is 10.9 Å². The number of hydrogen-bond donors (Lipinski definition) is 1. The minimum absolute atomic E-state index is 0. The van der Waals surface area contributed by atoms with Crippen molar-refractivity contribution in [3.8, 4) is 0 Å². The first-order valence-electron chi connectivity index (χ1n) is 4.29. The molecule has 0 aliphatic carbocycles. The molecule has 0 aliphatic heterocycles. The third-order valence-corrected chi connectivity index (χ3v) is 1.51. The summed E-state index contributed by atoms with van der Waals surface area (Å²) < 4.78 is 0.